The number of nitrogens with zero attached hydrogens (tertiary/aromatic N) is 5. The molecule has 0 amide bonds. The van der Waals surface area contributed by atoms with E-state index in [1.165, 1.54) is 4.68 Å². The molecule has 1 aromatic heterocycles. The van der Waals surface area contributed by atoms with Gasteiger partial charge in [0.2, 0.25) is 0 Å². The number of tetrazole rings is 1. The molecule has 0 fully saturated rings. The zero-order chi connectivity index (χ0) is 13.7. The molecule has 0 aliphatic rings. The molecule has 1 aromatic carbocycles. The van der Waals surface area contributed by atoms with Gasteiger partial charge in [-0.05, 0) is 35.5 Å². The summed E-state index contributed by atoms with van der Waals surface area (Å²) >= 11 is 0. The van der Waals surface area contributed by atoms with E-state index in [0.717, 1.165) is 5.56 Å². The first-order valence-electron chi connectivity index (χ1n) is 5.74. The van der Waals surface area contributed by atoms with Gasteiger partial charge in [-0.3, -0.25) is 0 Å². The number of hydrogen-bond donors (Lipinski definition) is 0. The van der Waals surface area contributed by atoms with Crippen molar-refractivity contribution in [2.45, 2.75) is 13.5 Å². The number of methoxy groups -OCH3 is 1. The molecular formula is C12H13N5O2. The van der Waals surface area contributed by atoms with Crippen molar-refractivity contribution in [2.24, 2.45) is 0 Å². The molecule has 0 saturated heterocycles. The van der Waals surface area contributed by atoms with Crippen molar-refractivity contribution < 1.29 is 9.47 Å². The van der Waals surface area contributed by atoms with Gasteiger partial charge in [-0.1, -0.05) is 0 Å². The second-order valence-electron chi connectivity index (χ2n) is 3.62. The Hall–Kier alpha value is -2.62. The van der Waals surface area contributed by atoms with E-state index >= 15 is 0 Å². The molecule has 7 heteroatoms. The van der Waals surface area contributed by atoms with Gasteiger partial charge < -0.3 is 9.47 Å². The summed E-state index contributed by atoms with van der Waals surface area (Å²) in [6, 6.07) is 7.41. The maximum Gasteiger partial charge on any atom is 0.183 e. The summed E-state index contributed by atoms with van der Waals surface area (Å²) in [7, 11) is 1.57. The molecule has 0 N–H and O–H groups in total. The molecule has 0 unspecified atom stereocenters. The summed E-state index contributed by atoms with van der Waals surface area (Å²) < 4.78 is 12.1. The average Bonchev–Trinajstić information content (AvgIpc) is 2.88. The quantitative estimate of drug-likeness (QED) is 0.803. The van der Waals surface area contributed by atoms with E-state index in [0.29, 0.717) is 23.9 Å². The number of ether oxygens (including phenoxy) is 2. The predicted octanol–water partition coefficient (Wildman–Crippen LogP) is 1.27. The highest BCUT2D eigenvalue weighted by molar-refractivity contribution is 5.61. The Morgan fingerprint density at radius 3 is 2.89 bits per heavy atom. The fourth-order valence-corrected chi connectivity index (χ4v) is 1.67. The fraction of sp³-hybridized carbons (Fsp3) is 0.333. The number of rotatable bonds is 5. The van der Waals surface area contributed by atoms with Crippen LogP contribution in [0.1, 0.15) is 6.92 Å². The van der Waals surface area contributed by atoms with Gasteiger partial charge in [0.15, 0.2) is 17.3 Å². The largest absolute Gasteiger partial charge is 0.493 e. The lowest BCUT2D eigenvalue weighted by Crippen LogP contribution is -2.01. The van der Waals surface area contributed by atoms with Crippen molar-refractivity contribution in [2.75, 3.05) is 13.7 Å². The predicted molar refractivity (Wildman–Crippen MR) is 66.6 cm³/mol. The molecule has 0 saturated carbocycles. The summed E-state index contributed by atoms with van der Waals surface area (Å²) in [6.07, 6.45) is 0. The van der Waals surface area contributed by atoms with Gasteiger partial charge in [0.05, 0.1) is 19.8 Å². The lowest BCUT2D eigenvalue weighted by Gasteiger charge is -2.10. The van der Waals surface area contributed by atoms with Crippen LogP contribution in [0.15, 0.2) is 18.2 Å². The van der Waals surface area contributed by atoms with Crippen LogP contribution < -0.4 is 9.47 Å². The molecule has 7 nitrogen and oxygen atoms in total. The Labute approximate surface area is 110 Å². The first-order valence-corrected chi connectivity index (χ1v) is 5.74. The number of nitriles is 1. The van der Waals surface area contributed by atoms with Crippen LogP contribution in [-0.4, -0.2) is 33.9 Å². The van der Waals surface area contributed by atoms with Crippen LogP contribution in [0.2, 0.25) is 0 Å². The summed E-state index contributed by atoms with van der Waals surface area (Å²) in [5.41, 5.74) is 0.764. The Bertz CT molecular complexity index is 602. The van der Waals surface area contributed by atoms with Crippen molar-refractivity contribution in [3.63, 3.8) is 0 Å². The first-order chi connectivity index (χ1) is 9.30. The molecular weight excluding hydrogens is 246 g/mol. The van der Waals surface area contributed by atoms with Crippen LogP contribution in [0.5, 0.6) is 11.5 Å². The van der Waals surface area contributed by atoms with Crippen LogP contribution in [0, 0.1) is 11.3 Å². The molecule has 0 radical (unpaired) electrons. The smallest absolute Gasteiger partial charge is 0.183 e. The highest BCUT2D eigenvalue weighted by Gasteiger charge is 2.12. The number of hydrogen-bond acceptors (Lipinski definition) is 6. The molecule has 0 bridgehead atoms. The van der Waals surface area contributed by atoms with E-state index in [-0.39, 0.29) is 6.54 Å². The molecule has 0 aliphatic carbocycles. The SMILES string of the molecule is CCOc1ccc(-c2nnnn2CC#N)cc1OC. The molecule has 98 valence electrons. The average molecular weight is 259 g/mol. The van der Waals surface area contributed by atoms with Crippen molar-refractivity contribution in [3.05, 3.63) is 18.2 Å². The maximum atomic E-state index is 8.71. The standard InChI is InChI=1S/C12H13N5O2/c1-3-19-10-5-4-9(8-11(10)18-2)12-14-15-16-17(12)7-6-13/h4-5,8H,3,7H2,1-2H3. The lowest BCUT2D eigenvalue weighted by molar-refractivity contribution is 0.311. The van der Waals surface area contributed by atoms with E-state index in [1.807, 2.05) is 19.1 Å². The summed E-state index contributed by atoms with van der Waals surface area (Å²) in [6.45, 7) is 2.56. The Balaban J connectivity index is 2.40. The van der Waals surface area contributed by atoms with Gasteiger partial charge in [0.1, 0.15) is 6.54 Å². The lowest BCUT2D eigenvalue weighted by atomic mass is 10.2. The first kappa shape index (κ1) is 12.8. The Morgan fingerprint density at radius 2 is 2.21 bits per heavy atom. The number of aromatic nitrogens is 4. The van der Waals surface area contributed by atoms with E-state index in [4.69, 9.17) is 14.7 Å². The van der Waals surface area contributed by atoms with Crippen LogP contribution in [0.4, 0.5) is 0 Å². The third kappa shape index (κ3) is 2.63. The highest BCUT2D eigenvalue weighted by Crippen LogP contribution is 2.31. The van der Waals surface area contributed by atoms with Gasteiger partial charge in [-0.15, -0.1) is 5.10 Å². The molecule has 2 rings (SSSR count). The second-order valence-corrected chi connectivity index (χ2v) is 3.62. The second kappa shape index (κ2) is 5.82. The minimum Gasteiger partial charge on any atom is -0.493 e. The van der Waals surface area contributed by atoms with Crippen LogP contribution in [0.3, 0.4) is 0 Å². The molecule has 0 atom stereocenters. The fourth-order valence-electron chi connectivity index (χ4n) is 1.67. The van der Waals surface area contributed by atoms with E-state index < -0.39 is 0 Å². The van der Waals surface area contributed by atoms with Gasteiger partial charge >= 0.3 is 0 Å². The molecule has 1 heterocycles. The summed E-state index contributed by atoms with van der Waals surface area (Å²) in [5, 5.41) is 20.0. The van der Waals surface area contributed by atoms with Crippen LogP contribution >= 0.6 is 0 Å². The highest BCUT2D eigenvalue weighted by atomic mass is 16.5. The Morgan fingerprint density at radius 1 is 1.37 bits per heavy atom. The molecule has 0 spiro atoms. The molecule has 2 aromatic rings. The minimum atomic E-state index is 0.0951. The van der Waals surface area contributed by atoms with Gasteiger partial charge in [0.25, 0.3) is 0 Å². The topological polar surface area (TPSA) is 85.9 Å². The van der Waals surface area contributed by atoms with Crippen molar-refractivity contribution in [1.82, 2.24) is 20.2 Å². The third-order valence-corrected chi connectivity index (χ3v) is 2.47. The van der Waals surface area contributed by atoms with Crippen molar-refractivity contribution in [1.29, 1.82) is 5.26 Å². The van der Waals surface area contributed by atoms with Gasteiger partial charge in [0, 0.05) is 5.56 Å². The summed E-state index contributed by atoms with van der Waals surface area (Å²) in [4.78, 5) is 0. The monoisotopic (exact) mass is 259 g/mol. The zero-order valence-corrected chi connectivity index (χ0v) is 10.7. The maximum absolute atomic E-state index is 8.71. The zero-order valence-electron chi connectivity index (χ0n) is 10.7. The van der Waals surface area contributed by atoms with E-state index in [1.54, 1.807) is 19.2 Å². The van der Waals surface area contributed by atoms with Gasteiger partial charge in [-0.2, -0.15) is 5.26 Å². The van der Waals surface area contributed by atoms with Crippen molar-refractivity contribution in [3.8, 4) is 29.0 Å². The summed E-state index contributed by atoms with van der Waals surface area (Å²) in [5.74, 6) is 1.78. The molecule has 19 heavy (non-hydrogen) atoms. The van der Waals surface area contributed by atoms with Crippen molar-refractivity contribution >= 4 is 0 Å². The van der Waals surface area contributed by atoms with Crippen LogP contribution in [-0.2, 0) is 6.54 Å². The minimum absolute atomic E-state index is 0.0951. The van der Waals surface area contributed by atoms with Crippen LogP contribution in [0.25, 0.3) is 11.4 Å². The van der Waals surface area contributed by atoms with E-state index in [9.17, 15) is 0 Å². The van der Waals surface area contributed by atoms with Gasteiger partial charge in [-0.25, -0.2) is 4.68 Å². The third-order valence-electron chi connectivity index (χ3n) is 2.47. The Kier molecular flexibility index (Phi) is 3.93. The molecule has 0 aliphatic heterocycles. The number of benzene rings is 1. The normalized spacial score (nSPS) is 9.95. The van der Waals surface area contributed by atoms with E-state index in [2.05, 4.69) is 15.5 Å².